The molecule has 0 radical (unpaired) electrons. The number of hydrogen-bond acceptors (Lipinski definition) is 5. The molecule has 0 aromatic carbocycles. The van der Waals surface area contributed by atoms with Gasteiger partial charge in [-0.1, -0.05) is 0 Å². The number of rotatable bonds is 4. The van der Waals surface area contributed by atoms with E-state index in [9.17, 15) is 9.59 Å². The minimum atomic E-state index is -0.291. The van der Waals surface area contributed by atoms with Gasteiger partial charge in [0.25, 0.3) is 5.91 Å². The topological polar surface area (TPSA) is 88.9 Å². The summed E-state index contributed by atoms with van der Waals surface area (Å²) in [5.74, 6) is -0.207. The summed E-state index contributed by atoms with van der Waals surface area (Å²) in [6.07, 6.45) is 6.17. The molecule has 126 valence electrons. The Labute approximate surface area is 144 Å². The second kappa shape index (κ2) is 7.04. The van der Waals surface area contributed by atoms with E-state index >= 15 is 0 Å². The molecule has 2 aromatic rings. The third-order valence-electron chi connectivity index (χ3n) is 4.10. The van der Waals surface area contributed by atoms with Gasteiger partial charge in [0.15, 0.2) is 0 Å². The first-order valence-electron chi connectivity index (χ1n) is 7.66. The van der Waals surface area contributed by atoms with E-state index in [1.807, 2.05) is 25.4 Å². The minimum Gasteiger partial charge on any atom is -0.347 e. The van der Waals surface area contributed by atoms with Crippen molar-refractivity contribution in [3.63, 3.8) is 0 Å². The van der Waals surface area contributed by atoms with Crippen molar-refractivity contribution >= 4 is 23.6 Å². The van der Waals surface area contributed by atoms with Crippen LogP contribution in [0.5, 0.6) is 0 Å². The monoisotopic (exact) mass is 345 g/mol. The lowest BCUT2D eigenvalue weighted by Crippen LogP contribution is -2.50. The van der Waals surface area contributed by atoms with Crippen LogP contribution in [0.25, 0.3) is 0 Å². The van der Waals surface area contributed by atoms with Crippen LogP contribution in [-0.2, 0) is 11.8 Å². The van der Waals surface area contributed by atoms with Crippen LogP contribution in [0.3, 0.4) is 0 Å². The van der Waals surface area contributed by atoms with Gasteiger partial charge in [-0.15, -0.1) is 11.8 Å². The molecule has 2 amide bonds. The highest BCUT2D eigenvalue weighted by molar-refractivity contribution is 7.98. The van der Waals surface area contributed by atoms with Gasteiger partial charge in [-0.3, -0.25) is 14.3 Å². The molecule has 8 heteroatoms. The van der Waals surface area contributed by atoms with Crippen molar-refractivity contribution in [3.8, 4) is 0 Å². The smallest absolute Gasteiger partial charge is 0.253 e. The molecule has 0 unspecified atom stereocenters. The molecule has 2 N–H and O–H groups in total. The summed E-state index contributed by atoms with van der Waals surface area (Å²) in [5.41, 5.74) is 1.37. The maximum atomic E-state index is 12.5. The van der Waals surface area contributed by atoms with E-state index in [2.05, 4.69) is 20.7 Å². The van der Waals surface area contributed by atoms with Gasteiger partial charge in [0.2, 0.25) is 5.91 Å². The average molecular weight is 345 g/mol. The van der Waals surface area contributed by atoms with Gasteiger partial charge >= 0.3 is 0 Å². The summed E-state index contributed by atoms with van der Waals surface area (Å²) in [6, 6.07) is 4.95. The Morgan fingerprint density at radius 2 is 2.25 bits per heavy atom. The molecule has 2 aromatic heterocycles. The van der Waals surface area contributed by atoms with Crippen molar-refractivity contribution in [3.05, 3.63) is 41.9 Å². The molecule has 0 saturated carbocycles. The fourth-order valence-corrected chi connectivity index (χ4v) is 3.17. The van der Waals surface area contributed by atoms with Crippen molar-refractivity contribution in [2.75, 3.05) is 6.26 Å². The van der Waals surface area contributed by atoms with E-state index in [1.165, 1.54) is 11.8 Å². The van der Waals surface area contributed by atoms with E-state index in [4.69, 9.17) is 0 Å². The zero-order valence-electron chi connectivity index (χ0n) is 13.5. The molecule has 1 aliphatic heterocycles. The molecule has 0 aliphatic carbocycles. The number of carbonyl (C=O) groups excluding carboxylic acids is 2. The van der Waals surface area contributed by atoms with Crippen LogP contribution in [0, 0.1) is 0 Å². The molecule has 24 heavy (non-hydrogen) atoms. The maximum absolute atomic E-state index is 12.5. The van der Waals surface area contributed by atoms with Crippen molar-refractivity contribution in [1.82, 2.24) is 25.4 Å². The molecular weight excluding hydrogens is 326 g/mol. The molecule has 1 saturated heterocycles. The van der Waals surface area contributed by atoms with Crippen molar-refractivity contribution in [2.45, 2.75) is 30.0 Å². The Kier molecular flexibility index (Phi) is 4.84. The molecule has 3 heterocycles. The fraction of sp³-hybridized carbons (Fsp3) is 0.375. The molecule has 7 nitrogen and oxygen atoms in total. The first-order valence-corrected chi connectivity index (χ1v) is 8.89. The lowest BCUT2D eigenvalue weighted by Gasteiger charge is -2.32. The third-order valence-corrected chi connectivity index (χ3v) is 4.76. The van der Waals surface area contributed by atoms with Gasteiger partial charge in [-0.25, -0.2) is 4.98 Å². The van der Waals surface area contributed by atoms with Gasteiger partial charge in [0.05, 0.1) is 28.4 Å². The number of piperidine rings is 1. The Hall–Kier alpha value is -2.35. The summed E-state index contributed by atoms with van der Waals surface area (Å²) >= 11 is 1.53. The largest absolute Gasteiger partial charge is 0.347 e. The van der Waals surface area contributed by atoms with Gasteiger partial charge in [-0.2, -0.15) is 5.10 Å². The summed E-state index contributed by atoms with van der Waals surface area (Å²) in [6.45, 7) is 0. The van der Waals surface area contributed by atoms with Gasteiger partial charge in [0, 0.05) is 25.9 Å². The van der Waals surface area contributed by atoms with E-state index < -0.39 is 0 Å². The summed E-state index contributed by atoms with van der Waals surface area (Å²) < 4.78 is 1.71. The van der Waals surface area contributed by atoms with Crippen molar-refractivity contribution in [1.29, 1.82) is 0 Å². The normalized spacial score (nSPS) is 20.5. The highest BCUT2D eigenvalue weighted by Crippen LogP contribution is 2.24. The first kappa shape index (κ1) is 16.5. The lowest BCUT2D eigenvalue weighted by atomic mass is 9.95. The fourth-order valence-electron chi connectivity index (χ4n) is 2.81. The molecule has 2 atom stereocenters. The number of nitrogens with zero attached hydrogens (tertiary/aromatic N) is 3. The lowest BCUT2D eigenvalue weighted by molar-refractivity contribution is -0.123. The van der Waals surface area contributed by atoms with E-state index in [0.29, 0.717) is 18.4 Å². The number of nitrogens with one attached hydrogen (secondary N) is 2. The Morgan fingerprint density at radius 1 is 1.42 bits per heavy atom. The van der Waals surface area contributed by atoms with Crippen LogP contribution < -0.4 is 10.6 Å². The standard InChI is InChI=1S/C16H19N5O2S/c1-21-12(7-8-18-21)15-11(4-5-13(22)20-15)19-16(23)10-3-6-14(24-2)17-9-10/h3,6-9,11,15H,4-5H2,1-2H3,(H,19,23)(H,20,22)/t11-,15-/m1/s1. The number of hydrogen-bond donors (Lipinski definition) is 2. The number of carbonyl (C=O) groups is 2. The summed E-state index contributed by atoms with van der Waals surface area (Å²) in [7, 11) is 1.82. The Balaban J connectivity index is 1.77. The van der Waals surface area contributed by atoms with E-state index in [-0.39, 0.29) is 23.9 Å². The summed E-state index contributed by atoms with van der Waals surface area (Å²) in [4.78, 5) is 28.5. The molecule has 1 aliphatic rings. The second-order valence-electron chi connectivity index (χ2n) is 5.63. The second-order valence-corrected chi connectivity index (χ2v) is 6.46. The van der Waals surface area contributed by atoms with Crippen LogP contribution in [0.1, 0.15) is 34.9 Å². The quantitative estimate of drug-likeness (QED) is 0.815. The average Bonchev–Trinajstić information content (AvgIpc) is 3.02. The highest BCUT2D eigenvalue weighted by Gasteiger charge is 2.32. The SMILES string of the molecule is CSc1ccc(C(=O)N[C@@H]2CCC(=O)N[C@H]2c2ccnn2C)cn1. The number of aromatic nitrogens is 3. The zero-order chi connectivity index (χ0) is 17.1. The molecular formula is C16H19N5O2S. The van der Waals surface area contributed by atoms with Crippen molar-refractivity contribution < 1.29 is 9.59 Å². The first-order chi connectivity index (χ1) is 11.6. The predicted molar refractivity (Wildman–Crippen MR) is 90.6 cm³/mol. The van der Waals surface area contributed by atoms with Gasteiger partial charge < -0.3 is 10.6 Å². The van der Waals surface area contributed by atoms with Gasteiger partial charge in [0.1, 0.15) is 0 Å². The number of thioether (sulfide) groups is 1. The number of pyridine rings is 1. The minimum absolute atomic E-state index is 0.0160. The Morgan fingerprint density at radius 3 is 2.88 bits per heavy atom. The van der Waals surface area contributed by atoms with Crippen molar-refractivity contribution in [2.24, 2.45) is 7.05 Å². The van der Waals surface area contributed by atoms with Crippen LogP contribution in [0.2, 0.25) is 0 Å². The predicted octanol–water partition coefficient (Wildman–Crippen LogP) is 1.29. The highest BCUT2D eigenvalue weighted by atomic mass is 32.2. The van der Waals surface area contributed by atoms with Crippen LogP contribution in [-0.4, -0.2) is 38.9 Å². The molecule has 0 spiro atoms. The third kappa shape index (κ3) is 3.43. The molecule has 1 fully saturated rings. The number of aryl methyl sites for hydroxylation is 1. The van der Waals surface area contributed by atoms with Gasteiger partial charge in [-0.05, 0) is 30.9 Å². The van der Waals surface area contributed by atoms with Crippen LogP contribution in [0.15, 0.2) is 35.6 Å². The summed E-state index contributed by atoms with van der Waals surface area (Å²) in [5, 5.41) is 11.0. The maximum Gasteiger partial charge on any atom is 0.253 e. The molecule has 0 bridgehead atoms. The molecule has 3 rings (SSSR count). The van der Waals surface area contributed by atoms with E-state index in [0.717, 1.165) is 10.7 Å². The van der Waals surface area contributed by atoms with E-state index in [1.54, 1.807) is 23.1 Å². The van der Waals surface area contributed by atoms with Crippen LogP contribution >= 0.6 is 11.8 Å². The number of amides is 2. The zero-order valence-corrected chi connectivity index (χ0v) is 14.3. The van der Waals surface area contributed by atoms with Crippen LogP contribution in [0.4, 0.5) is 0 Å². The Bertz CT molecular complexity index is 743.